The molecule has 26 heavy (non-hydrogen) atoms. The van der Waals surface area contributed by atoms with Crippen LogP contribution < -0.4 is 5.32 Å². The molecule has 0 saturated heterocycles. The van der Waals surface area contributed by atoms with Crippen LogP contribution in [0.2, 0.25) is 0 Å². The summed E-state index contributed by atoms with van der Waals surface area (Å²) in [4.78, 5) is 26.5. The summed E-state index contributed by atoms with van der Waals surface area (Å²) in [6, 6.07) is 8.03. The number of nitrogens with zero attached hydrogens (tertiary/aromatic N) is 1. The van der Waals surface area contributed by atoms with Crippen molar-refractivity contribution in [2.24, 2.45) is 0 Å². The van der Waals surface area contributed by atoms with E-state index in [0.29, 0.717) is 12.5 Å². The first-order valence-electron chi connectivity index (χ1n) is 9.73. The van der Waals surface area contributed by atoms with E-state index in [1.807, 2.05) is 43.1 Å². The highest BCUT2D eigenvalue weighted by atomic mass is 16.3. The van der Waals surface area contributed by atoms with Crippen molar-refractivity contribution in [3.05, 3.63) is 35.4 Å². The Morgan fingerprint density at radius 1 is 1.15 bits per heavy atom. The Balaban J connectivity index is 1.83. The highest BCUT2D eigenvalue weighted by Crippen LogP contribution is 2.22. The van der Waals surface area contributed by atoms with Gasteiger partial charge in [0, 0.05) is 32.5 Å². The molecule has 5 heteroatoms. The molecule has 1 fully saturated rings. The molecule has 1 saturated carbocycles. The molecule has 5 nitrogen and oxygen atoms in total. The minimum atomic E-state index is -0.223. The molecule has 1 atom stereocenters. The number of benzene rings is 1. The number of aliphatic hydroxyl groups excluding tert-OH is 1. The van der Waals surface area contributed by atoms with Crippen molar-refractivity contribution in [2.45, 2.75) is 70.4 Å². The Labute approximate surface area is 156 Å². The summed E-state index contributed by atoms with van der Waals surface area (Å²) in [5.74, 6) is -0.101. The van der Waals surface area contributed by atoms with Gasteiger partial charge in [-0.1, -0.05) is 49.1 Å². The number of carbonyl (C=O) groups excluding carboxylic acids is 2. The van der Waals surface area contributed by atoms with E-state index in [-0.39, 0.29) is 37.3 Å². The largest absolute Gasteiger partial charge is 0.396 e. The van der Waals surface area contributed by atoms with Crippen molar-refractivity contribution in [1.82, 2.24) is 10.2 Å². The lowest BCUT2D eigenvalue weighted by Crippen LogP contribution is -2.39. The fourth-order valence-electron chi connectivity index (χ4n) is 3.59. The lowest BCUT2D eigenvalue weighted by atomic mass is 9.94. The number of nitrogens with one attached hydrogen (secondary N) is 1. The molecule has 2 rings (SSSR count). The predicted octanol–water partition coefficient (Wildman–Crippen LogP) is 3.11. The Morgan fingerprint density at radius 3 is 2.42 bits per heavy atom. The van der Waals surface area contributed by atoms with E-state index < -0.39 is 0 Å². The van der Waals surface area contributed by atoms with Crippen molar-refractivity contribution in [1.29, 1.82) is 0 Å². The highest BCUT2D eigenvalue weighted by molar-refractivity contribution is 5.84. The van der Waals surface area contributed by atoms with Gasteiger partial charge in [0.05, 0.1) is 6.04 Å². The van der Waals surface area contributed by atoms with E-state index in [9.17, 15) is 14.7 Å². The topological polar surface area (TPSA) is 69.6 Å². The third-order valence-corrected chi connectivity index (χ3v) is 5.31. The summed E-state index contributed by atoms with van der Waals surface area (Å²) in [6.07, 6.45) is 6.64. The fraction of sp³-hybridized carbons (Fsp3) is 0.619. The standard InChI is InChI=1S/C21H32N2O3/c1-16-8-10-17(11-9-16)19(14-15-24)22-20(25)12-13-21(26)23(2)18-6-4-3-5-7-18/h8-11,18-19,24H,3-7,12-15H2,1-2H3,(H,22,25)/t19-/m1/s1. The molecule has 0 bridgehead atoms. The average molecular weight is 360 g/mol. The molecule has 0 aliphatic heterocycles. The predicted molar refractivity (Wildman–Crippen MR) is 103 cm³/mol. The molecular formula is C21H32N2O3. The van der Waals surface area contributed by atoms with Gasteiger partial charge in [-0.05, 0) is 31.7 Å². The van der Waals surface area contributed by atoms with Crippen molar-refractivity contribution in [3.8, 4) is 0 Å². The van der Waals surface area contributed by atoms with Crippen LogP contribution >= 0.6 is 0 Å². The van der Waals surface area contributed by atoms with Crippen LogP contribution in [0.4, 0.5) is 0 Å². The van der Waals surface area contributed by atoms with Crippen molar-refractivity contribution in [2.75, 3.05) is 13.7 Å². The molecular weight excluding hydrogens is 328 g/mol. The first kappa shape index (κ1) is 20.4. The van der Waals surface area contributed by atoms with Gasteiger partial charge < -0.3 is 15.3 Å². The molecule has 1 aromatic carbocycles. The summed E-state index contributed by atoms with van der Waals surface area (Å²) >= 11 is 0. The number of amides is 2. The van der Waals surface area contributed by atoms with Gasteiger partial charge in [-0.2, -0.15) is 0 Å². The van der Waals surface area contributed by atoms with Gasteiger partial charge in [0.2, 0.25) is 11.8 Å². The van der Waals surface area contributed by atoms with Gasteiger partial charge in [-0.25, -0.2) is 0 Å². The minimum absolute atomic E-state index is 0.00215. The second-order valence-corrected chi connectivity index (χ2v) is 7.34. The van der Waals surface area contributed by atoms with E-state index in [1.165, 1.54) is 19.3 Å². The van der Waals surface area contributed by atoms with E-state index >= 15 is 0 Å². The Bertz CT molecular complexity index is 579. The van der Waals surface area contributed by atoms with Crippen LogP contribution in [-0.4, -0.2) is 41.5 Å². The average Bonchev–Trinajstić information content (AvgIpc) is 2.66. The molecule has 0 spiro atoms. The maximum absolute atomic E-state index is 12.4. The van der Waals surface area contributed by atoms with E-state index in [2.05, 4.69) is 5.32 Å². The number of carbonyl (C=O) groups is 2. The van der Waals surface area contributed by atoms with E-state index in [4.69, 9.17) is 0 Å². The third-order valence-electron chi connectivity index (χ3n) is 5.31. The molecule has 144 valence electrons. The lowest BCUT2D eigenvalue weighted by molar-refractivity contribution is -0.134. The quantitative estimate of drug-likeness (QED) is 0.748. The molecule has 0 unspecified atom stereocenters. The first-order valence-corrected chi connectivity index (χ1v) is 9.73. The zero-order valence-corrected chi connectivity index (χ0v) is 16.0. The number of hydrogen-bond acceptors (Lipinski definition) is 3. The van der Waals surface area contributed by atoms with Crippen LogP contribution in [0.15, 0.2) is 24.3 Å². The Kier molecular flexibility index (Phi) is 8.10. The summed E-state index contributed by atoms with van der Waals surface area (Å²) in [5.41, 5.74) is 2.13. The molecule has 2 amide bonds. The van der Waals surface area contributed by atoms with Gasteiger partial charge >= 0.3 is 0 Å². The number of aliphatic hydroxyl groups is 1. The minimum Gasteiger partial charge on any atom is -0.396 e. The monoisotopic (exact) mass is 360 g/mol. The molecule has 1 aliphatic rings. The van der Waals surface area contributed by atoms with Gasteiger partial charge in [-0.3, -0.25) is 9.59 Å². The van der Waals surface area contributed by atoms with Gasteiger partial charge in [0.25, 0.3) is 0 Å². The third kappa shape index (κ3) is 6.13. The molecule has 0 radical (unpaired) electrons. The van der Waals surface area contributed by atoms with Crippen LogP contribution in [0.25, 0.3) is 0 Å². The summed E-state index contributed by atoms with van der Waals surface area (Å²) in [7, 11) is 1.86. The normalized spacial score (nSPS) is 16.1. The maximum Gasteiger partial charge on any atom is 0.223 e. The number of rotatable bonds is 8. The van der Waals surface area contributed by atoms with Crippen molar-refractivity contribution >= 4 is 11.8 Å². The van der Waals surface area contributed by atoms with Crippen molar-refractivity contribution < 1.29 is 14.7 Å². The summed E-state index contributed by atoms with van der Waals surface area (Å²) in [5, 5.41) is 12.2. The van der Waals surface area contributed by atoms with Crippen LogP contribution in [0.3, 0.4) is 0 Å². The Hall–Kier alpha value is -1.88. The van der Waals surface area contributed by atoms with Crippen LogP contribution in [0, 0.1) is 6.92 Å². The molecule has 0 aromatic heterocycles. The van der Waals surface area contributed by atoms with Crippen LogP contribution in [0.5, 0.6) is 0 Å². The fourth-order valence-corrected chi connectivity index (χ4v) is 3.59. The SMILES string of the molecule is Cc1ccc([C@@H](CCO)NC(=O)CCC(=O)N(C)C2CCCCC2)cc1. The number of aryl methyl sites for hydroxylation is 1. The first-order chi connectivity index (χ1) is 12.5. The second kappa shape index (κ2) is 10.3. The van der Waals surface area contributed by atoms with Crippen LogP contribution in [-0.2, 0) is 9.59 Å². The molecule has 1 aromatic rings. The number of hydrogen-bond donors (Lipinski definition) is 2. The second-order valence-electron chi connectivity index (χ2n) is 7.34. The van der Waals surface area contributed by atoms with Gasteiger partial charge in [0.1, 0.15) is 0 Å². The summed E-state index contributed by atoms with van der Waals surface area (Å²) < 4.78 is 0. The van der Waals surface area contributed by atoms with Crippen molar-refractivity contribution in [3.63, 3.8) is 0 Å². The Morgan fingerprint density at radius 2 is 1.81 bits per heavy atom. The smallest absolute Gasteiger partial charge is 0.223 e. The van der Waals surface area contributed by atoms with E-state index in [0.717, 1.165) is 24.0 Å². The zero-order valence-electron chi connectivity index (χ0n) is 16.0. The maximum atomic E-state index is 12.4. The molecule has 0 heterocycles. The van der Waals surface area contributed by atoms with E-state index in [1.54, 1.807) is 0 Å². The van der Waals surface area contributed by atoms with Crippen LogP contribution in [0.1, 0.15) is 68.5 Å². The highest BCUT2D eigenvalue weighted by Gasteiger charge is 2.22. The molecule has 2 N–H and O–H groups in total. The van der Waals surface area contributed by atoms with Gasteiger partial charge in [0.15, 0.2) is 0 Å². The molecule has 1 aliphatic carbocycles. The zero-order chi connectivity index (χ0) is 18.9. The lowest BCUT2D eigenvalue weighted by Gasteiger charge is -2.31. The van der Waals surface area contributed by atoms with Gasteiger partial charge in [-0.15, -0.1) is 0 Å². The summed E-state index contributed by atoms with van der Waals surface area (Å²) in [6.45, 7) is 2.01.